The van der Waals surface area contributed by atoms with E-state index in [4.69, 9.17) is 5.11 Å². The normalized spacial score (nSPS) is 17.9. The van der Waals surface area contributed by atoms with Crippen LogP contribution in [0.5, 0.6) is 0 Å². The van der Waals surface area contributed by atoms with Gasteiger partial charge in [0.15, 0.2) is 0 Å². The molecule has 1 aliphatic rings. The minimum Gasteiger partial charge on any atom is -0.480 e. The molecule has 0 bridgehead atoms. The monoisotopic (exact) mass is 276 g/mol. The van der Waals surface area contributed by atoms with Crippen molar-refractivity contribution in [2.24, 2.45) is 0 Å². The molecule has 1 heterocycles. The van der Waals surface area contributed by atoms with Gasteiger partial charge in [-0.3, -0.25) is 9.59 Å². The van der Waals surface area contributed by atoms with Gasteiger partial charge in [-0.25, -0.2) is 4.79 Å². The van der Waals surface area contributed by atoms with E-state index in [2.05, 4.69) is 5.32 Å². The summed E-state index contributed by atoms with van der Waals surface area (Å²) in [4.78, 5) is 36.0. The van der Waals surface area contributed by atoms with Crippen LogP contribution < -0.4 is 5.32 Å². The molecule has 0 radical (unpaired) electrons. The quantitative estimate of drug-likeness (QED) is 0.789. The number of benzene rings is 1. The van der Waals surface area contributed by atoms with E-state index in [1.807, 2.05) is 19.1 Å². The third-order valence-electron chi connectivity index (χ3n) is 3.30. The van der Waals surface area contributed by atoms with Crippen LogP contribution in [0.15, 0.2) is 24.3 Å². The van der Waals surface area contributed by atoms with Crippen molar-refractivity contribution in [3.8, 4) is 0 Å². The van der Waals surface area contributed by atoms with E-state index in [0.717, 1.165) is 10.5 Å². The lowest BCUT2D eigenvalue weighted by molar-refractivity contribution is -0.151. The van der Waals surface area contributed by atoms with Crippen molar-refractivity contribution in [1.82, 2.24) is 4.90 Å². The largest absolute Gasteiger partial charge is 0.480 e. The van der Waals surface area contributed by atoms with Gasteiger partial charge in [0.1, 0.15) is 6.04 Å². The van der Waals surface area contributed by atoms with Crippen LogP contribution in [-0.2, 0) is 14.4 Å². The van der Waals surface area contributed by atoms with E-state index in [9.17, 15) is 14.4 Å². The highest BCUT2D eigenvalue weighted by Gasteiger charge is 2.36. The van der Waals surface area contributed by atoms with Crippen molar-refractivity contribution in [2.45, 2.75) is 25.8 Å². The summed E-state index contributed by atoms with van der Waals surface area (Å²) in [5, 5.41) is 11.5. The Labute approximate surface area is 116 Å². The number of carbonyl (C=O) groups is 3. The molecule has 6 nitrogen and oxygen atoms in total. The second-order valence-electron chi connectivity index (χ2n) is 4.81. The fourth-order valence-electron chi connectivity index (χ4n) is 2.22. The molecular formula is C14H16N2O4. The summed E-state index contributed by atoms with van der Waals surface area (Å²) < 4.78 is 0. The first-order valence-electron chi connectivity index (χ1n) is 6.40. The summed E-state index contributed by atoms with van der Waals surface area (Å²) in [6, 6.07) is 6.12. The SMILES string of the molecule is Cc1ccc(NC(=O)C(=O)N2CCC[C@@H]2C(=O)O)cc1. The Hall–Kier alpha value is -2.37. The summed E-state index contributed by atoms with van der Waals surface area (Å²) in [6.07, 6.45) is 0.986. The number of likely N-dealkylation sites (tertiary alicyclic amines) is 1. The van der Waals surface area contributed by atoms with Crippen LogP contribution in [-0.4, -0.2) is 40.4 Å². The standard InChI is InChI=1S/C14H16N2O4/c1-9-4-6-10(7-5-9)15-12(17)13(18)16-8-2-3-11(16)14(19)20/h4-7,11H,2-3,8H2,1H3,(H,15,17)(H,19,20)/t11-/m1/s1. The third-order valence-corrected chi connectivity index (χ3v) is 3.30. The first-order valence-corrected chi connectivity index (χ1v) is 6.40. The Morgan fingerprint density at radius 2 is 1.90 bits per heavy atom. The summed E-state index contributed by atoms with van der Waals surface area (Å²) in [7, 11) is 0. The van der Waals surface area contributed by atoms with Gasteiger partial charge in [-0.1, -0.05) is 17.7 Å². The predicted molar refractivity (Wildman–Crippen MR) is 72.2 cm³/mol. The Balaban J connectivity index is 2.03. The summed E-state index contributed by atoms with van der Waals surface area (Å²) >= 11 is 0. The number of nitrogens with zero attached hydrogens (tertiary/aromatic N) is 1. The van der Waals surface area contributed by atoms with Gasteiger partial charge in [-0.05, 0) is 31.9 Å². The van der Waals surface area contributed by atoms with Gasteiger partial charge < -0.3 is 15.3 Å². The molecule has 0 unspecified atom stereocenters. The third kappa shape index (κ3) is 2.96. The fraction of sp³-hybridized carbons (Fsp3) is 0.357. The smallest absolute Gasteiger partial charge is 0.326 e. The van der Waals surface area contributed by atoms with Crippen LogP contribution in [0.4, 0.5) is 5.69 Å². The number of anilines is 1. The average molecular weight is 276 g/mol. The Morgan fingerprint density at radius 1 is 1.25 bits per heavy atom. The van der Waals surface area contributed by atoms with Crippen molar-refractivity contribution in [3.63, 3.8) is 0 Å². The van der Waals surface area contributed by atoms with Crippen molar-refractivity contribution in [2.75, 3.05) is 11.9 Å². The number of hydrogen-bond donors (Lipinski definition) is 2. The van der Waals surface area contributed by atoms with Gasteiger partial charge in [0.25, 0.3) is 0 Å². The van der Waals surface area contributed by atoms with Crippen LogP contribution in [0.1, 0.15) is 18.4 Å². The Morgan fingerprint density at radius 3 is 2.50 bits per heavy atom. The first-order chi connectivity index (χ1) is 9.49. The number of aryl methyl sites for hydroxylation is 1. The molecule has 1 aliphatic heterocycles. The molecule has 106 valence electrons. The van der Waals surface area contributed by atoms with Crippen molar-refractivity contribution in [1.29, 1.82) is 0 Å². The molecule has 1 aromatic carbocycles. The van der Waals surface area contributed by atoms with E-state index in [1.165, 1.54) is 0 Å². The molecule has 1 atom stereocenters. The van der Waals surface area contributed by atoms with Crippen LogP contribution in [0, 0.1) is 6.92 Å². The van der Waals surface area contributed by atoms with Gasteiger partial charge in [-0.15, -0.1) is 0 Å². The van der Waals surface area contributed by atoms with E-state index >= 15 is 0 Å². The molecular weight excluding hydrogens is 260 g/mol. The topological polar surface area (TPSA) is 86.7 Å². The maximum Gasteiger partial charge on any atom is 0.326 e. The molecule has 20 heavy (non-hydrogen) atoms. The fourth-order valence-corrected chi connectivity index (χ4v) is 2.22. The molecule has 0 aliphatic carbocycles. The van der Waals surface area contributed by atoms with Gasteiger partial charge in [0.2, 0.25) is 0 Å². The van der Waals surface area contributed by atoms with E-state index < -0.39 is 23.8 Å². The van der Waals surface area contributed by atoms with E-state index in [1.54, 1.807) is 12.1 Å². The number of hydrogen-bond acceptors (Lipinski definition) is 3. The number of carbonyl (C=O) groups excluding carboxylic acids is 2. The molecule has 0 aromatic heterocycles. The lowest BCUT2D eigenvalue weighted by atomic mass is 10.2. The van der Waals surface area contributed by atoms with Crippen LogP contribution in [0.25, 0.3) is 0 Å². The highest BCUT2D eigenvalue weighted by Crippen LogP contribution is 2.18. The molecule has 2 rings (SSSR count). The molecule has 2 N–H and O–H groups in total. The number of carboxylic acid groups (broad SMARTS) is 1. The highest BCUT2D eigenvalue weighted by atomic mass is 16.4. The number of amides is 2. The Kier molecular flexibility index (Phi) is 4.02. The maximum atomic E-state index is 12.0. The average Bonchev–Trinajstić information content (AvgIpc) is 2.90. The summed E-state index contributed by atoms with van der Waals surface area (Å²) in [5.74, 6) is -2.67. The summed E-state index contributed by atoms with van der Waals surface area (Å²) in [6.45, 7) is 2.22. The van der Waals surface area contributed by atoms with Crippen molar-refractivity contribution < 1.29 is 19.5 Å². The Bertz CT molecular complexity index is 539. The van der Waals surface area contributed by atoms with Crippen LogP contribution in [0.2, 0.25) is 0 Å². The molecule has 0 saturated carbocycles. The zero-order valence-corrected chi connectivity index (χ0v) is 11.1. The molecule has 6 heteroatoms. The molecule has 2 amide bonds. The van der Waals surface area contributed by atoms with Crippen molar-refractivity contribution in [3.05, 3.63) is 29.8 Å². The van der Waals surface area contributed by atoms with Crippen molar-refractivity contribution >= 4 is 23.5 Å². The van der Waals surface area contributed by atoms with E-state index in [-0.39, 0.29) is 0 Å². The second kappa shape index (κ2) is 5.73. The summed E-state index contributed by atoms with van der Waals surface area (Å²) in [5.41, 5.74) is 1.56. The lowest BCUT2D eigenvalue weighted by Gasteiger charge is -2.20. The maximum absolute atomic E-state index is 12.0. The number of rotatable bonds is 2. The number of carboxylic acids is 1. The zero-order valence-electron chi connectivity index (χ0n) is 11.1. The second-order valence-corrected chi connectivity index (χ2v) is 4.81. The number of aliphatic carboxylic acids is 1. The lowest BCUT2D eigenvalue weighted by Crippen LogP contribution is -2.45. The zero-order chi connectivity index (χ0) is 14.7. The first kappa shape index (κ1) is 14.0. The predicted octanol–water partition coefficient (Wildman–Crippen LogP) is 1.01. The minimum absolute atomic E-state index is 0.303. The van der Waals surface area contributed by atoms with Gasteiger partial charge in [-0.2, -0.15) is 0 Å². The minimum atomic E-state index is -1.07. The van der Waals surface area contributed by atoms with Crippen LogP contribution in [0.3, 0.4) is 0 Å². The molecule has 0 spiro atoms. The molecule has 1 aromatic rings. The van der Waals surface area contributed by atoms with E-state index in [0.29, 0.717) is 25.1 Å². The van der Waals surface area contributed by atoms with Crippen LogP contribution >= 0.6 is 0 Å². The number of nitrogens with one attached hydrogen (secondary N) is 1. The molecule has 1 saturated heterocycles. The van der Waals surface area contributed by atoms with Gasteiger partial charge in [0, 0.05) is 12.2 Å². The highest BCUT2D eigenvalue weighted by molar-refractivity contribution is 6.39. The van der Waals surface area contributed by atoms with Gasteiger partial charge in [0.05, 0.1) is 0 Å². The molecule has 1 fully saturated rings. The van der Waals surface area contributed by atoms with Gasteiger partial charge >= 0.3 is 17.8 Å².